The topological polar surface area (TPSA) is 71.3 Å². The van der Waals surface area contributed by atoms with Gasteiger partial charge in [0.25, 0.3) is 5.69 Å². The van der Waals surface area contributed by atoms with Gasteiger partial charge in [-0.3, -0.25) is 15.0 Å². The van der Waals surface area contributed by atoms with Gasteiger partial charge in [0.05, 0.1) is 17.0 Å². The third-order valence-corrected chi connectivity index (χ3v) is 4.57. The third kappa shape index (κ3) is 4.81. The van der Waals surface area contributed by atoms with Crippen molar-refractivity contribution < 1.29 is 18.1 Å². The maximum absolute atomic E-state index is 12.4. The van der Waals surface area contributed by atoms with Gasteiger partial charge in [-0.05, 0) is 50.0 Å². The number of anilines is 1. The number of piperidine rings is 1. The average Bonchev–Trinajstić information content (AvgIpc) is 2.59. The second-order valence-electron chi connectivity index (χ2n) is 6.55. The zero-order valence-electron chi connectivity index (χ0n) is 14.0. The Hall–Kier alpha value is -2.42. The molecule has 26 heavy (non-hydrogen) atoms. The first-order chi connectivity index (χ1) is 12.3. The predicted octanol–water partition coefficient (Wildman–Crippen LogP) is 3.83. The minimum Gasteiger partial charge on any atom is -0.370 e. The van der Waals surface area contributed by atoms with E-state index in [2.05, 4.69) is 10.3 Å². The highest BCUT2D eigenvalue weighted by molar-refractivity contribution is 5.82. The summed E-state index contributed by atoms with van der Waals surface area (Å²) in [6, 6.07) is 8.01. The van der Waals surface area contributed by atoms with Crippen LogP contribution in [0.5, 0.6) is 0 Å². The van der Waals surface area contributed by atoms with E-state index >= 15 is 0 Å². The van der Waals surface area contributed by atoms with Crippen molar-refractivity contribution in [3.05, 3.63) is 40.4 Å². The minimum absolute atomic E-state index is 0.0191. The van der Waals surface area contributed by atoms with Gasteiger partial charge in [0.15, 0.2) is 0 Å². The summed E-state index contributed by atoms with van der Waals surface area (Å²) in [5, 5.41) is 14.7. The number of pyridine rings is 1. The van der Waals surface area contributed by atoms with E-state index in [0.29, 0.717) is 55.1 Å². The van der Waals surface area contributed by atoms with Crippen molar-refractivity contribution in [2.24, 2.45) is 5.92 Å². The van der Waals surface area contributed by atoms with Gasteiger partial charge in [0.1, 0.15) is 5.82 Å². The second-order valence-corrected chi connectivity index (χ2v) is 6.55. The van der Waals surface area contributed by atoms with Crippen molar-refractivity contribution in [3.63, 3.8) is 0 Å². The average molecular weight is 368 g/mol. The molecule has 6 nitrogen and oxygen atoms in total. The summed E-state index contributed by atoms with van der Waals surface area (Å²) in [5.41, 5.74) is 0.672. The second kappa shape index (κ2) is 7.45. The van der Waals surface area contributed by atoms with Crippen LogP contribution in [0.1, 0.15) is 12.8 Å². The van der Waals surface area contributed by atoms with E-state index in [1.54, 1.807) is 18.2 Å². The fourth-order valence-electron chi connectivity index (χ4n) is 3.18. The molecule has 0 radical (unpaired) electrons. The molecule has 0 amide bonds. The Morgan fingerprint density at radius 2 is 1.96 bits per heavy atom. The first-order valence-electron chi connectivity index (χ1n) is 8.38. The molecule has 1 saturated heterocycles. The molecule has 1 N–H and O–H groups in total. The number of nitrogens with one attached hydrogen (secondary N) is 1. The quantitative estimate of drug-likeness (QED) is 0.642. The van der Waals surface area contributed by atoms with Crippen LogP contribution in [0.25, 0.3) is 10.9 Å². The van der Waals surface area contributed by atoms with Crippen molar-refractivity contribution in [1.29, 1.82) is 0 Å². The normalized spacial score (nSPS) is 16.7. The highest BCUT2D eigenvalue weighted by Crippen LogP contribution is 2.24. The van der Waals surface area contributed by atoms with Crippen LogP contribution in [0.15, 0.2) is 30.3 Å². The summed E-state index contributed by atoms with van der Waals surface area (Å²) in [4.78, 5) is 16.2. The molecule has 2 aromatic rings. The smallest absolute Gasteiger partial charge is 0.370 e. The number of fused-ring (bicyclic) bond motifs is 1. The van der Waals surface area contributed by atoms with Crippen molar-refractivity contribution >= 4 is 22.4 Å². The number of nitro groups is 1. The Morgan fingerprint density at radius 3 is 2.62 bits per heavy atom. The fourth-order valence-corrected chi connectivity index (χ4v) is 3.18. The zero-order valence-corrected chi connectivity index (χ0v) is 14.0. The van der Waals surface area contributed by atoms with Crippen LogP contribution in [-0.2, 0) is 0 Å². The van der Waals surface area contributed by atoms with Crippen LogP contribution < -0.4 is 5.32 Å². The maximum Gasteiger partial charge on any atom is 0.401 e. The molecule has 0 aliphatic carbocycles. The number of nitrogens with zero attached hydrogens (tertiary/aromatic N) is 3. The number of alkyl halides is 3. The molecule has 0 unspecified atom stereocenters. The Labute approximate surface area is 148 Å². The van der Waals surface area contributed by atoms with Gasteiger partial charge in [-0.25, -0.2) is 4.98 Å². The summed E-state index contributed by atoms with van der Waals surface area (Å²) >= 11 is 0. The van der Waals surface area contributed by atoms with E-state index in [9.17, 15) is 23.3 Å². The number of hydrogen-bond donors (Lipinski definition) is 1. The predicted molar refractivity (Wildman–Crippen MR) is 92.1 cm³/mol. The van der Waals surface area contributed by atoms with Crippen molar-refractivity contribution in [1.82, 2.24) is 9.88 Å². The van der Waals surface area contributed by atoms with E-state index in [1.165, 1.54) is 17.0 Å². The van der Waals surface area contributed by atoms with Gasteiger partial charge < -0.3 is 5.32 Å². The molecule has 3 rings (SSSR count). The molecule has 1 fully saturated rings. The third-order valence-electron chi connectivity index (χ3n) is 4.57. The summed E-state index contributed by atoms with van der Waals surface area (Å²) in [6.07, 6.45) is -2.72. The molecule has 1 aliphatic heterocycles. The van der Waals surface area contributed by atoms with E-state index < -0.39 is 17.6 Å². The number of aromatic nitrogens is 1. The monoisotopic (exact) mass is 368 g/mol. The Morgan fingerprint density at radius 1 is 1.23 bits per heavy atom. The molecule has 1 aliphatic rings. The standard InChI is InChI=1S/C17H19F3N4O2/c18-17(19,20)11-23-7-5-12(6-8-23)10-21-16-4-1-13-9-14(24(25)26)2-3-15(13)22-16/h1-4,9,12H,5-8,10-11H2,(H,21,22). The van der Waals surface area contributed by atoms with Gasteiger partial charge >= 0.3 is 6.18 Å². The lowest BCUT2D eigenvalue weighted by molar-refractivity contribution is -0.384. The largest absolute Gasteiger partial charge is 0.401 e. The van der Waals surface area contributed by atoms with Crippen molar-refractivity contribution in [2.45, 2.75) is 19.0 Å². The Bertz CT molecular complexity index is 789. The van der Waals surface area contributed by atoms with Gasteiger partial charge in [-0.15, -0.1) is 0 Å². The van der Waals surface area contributed by atoms with E-state index in [1.807, 2.05) is 0 Å². The van der Waals surface area contributed by atoms with Crippen molar-refractivity contribution in [2.75, 3.05) is 31.5 Å². The van der Waals surface area contributed by atoms with Gasteiger partial charge in [-0.1, -0.05) is 0 Å². The summed E-state index contributed by atoms with van der Waals surface area (Å²) < 4.78 is 37.2. The summed E-state index contributed by atoms with van der Waals surface area (Å²) in [6.45, 7) is 0.693. The molecule has 0 atom stereocenters. The molecule has 140 valence electrons. The van der Waals surface area contributed by atoms with Crippen LogP contribution in [0, 0.1) is 16.0 Å². The molecule has 1 aromatic carbocycles. The molecule has 0 spiro atoms. The molecule has 1 aromatic heterocycles. The number of benzene rings is 1. The van der Waals surface area contributed by atoms with Crippen molar-refractivity contribution in [3.8, 4) is 0 Å². The van der Waals surface area contributed by atoms with E-state index in [4.69, 9.17) is 0 Å². The lowest BCUT2D eigenvalue weighted by Gasteiger charge is -2.32. The first-order valence-corrected chi connectivity index (χ1v) is 8.38. The van der Waals surface area contributed by atoms with Gasteiger partial charge in [0, 0.05) is 24.1 Å². The van der Waals surface area contributed by atoms with Gasteiger partial charge in [-0.2, -0.15) is 13.2 Å². The Balaban J connectivity index is 1.54. The number of non-ortho nitro benzene ring substituents is 1. The molecule has 0 saturated carbocycles. The van der Waals surface area contributed by atoms with Crippen LogP contribution in [-0.4, -0.2) is 47.2 Å². The van der Waals surface area contributed by atoms with Gasteiger partial charge in [0.2, 0.25) is 0 Å². The number of nitro benzene ring substituents is 1. The van der Waals surface area contributed by atoms with Crippen LogP contribution >= 0.6 is 0 Å². The van der Waals surface area contributed by atoms with E-state index in [0.717, 1.165) is 0 Å². The number of likely N-dealkylation sites (tertiary alicyclic amines) is 1. The molecule has 2 heterocycles. The van der Waals surface area contributed by atoms with E-state index in [-0.39, 0.29) is 5.69 Å². The van der Waals surface area contributed by atoms with Crippen LogP contribution in [0.4, 0.5) is 24.7 Å². The zero-order chi connectivity index (χ0) is 18.7. The first kappa shape index (κ1) is 18.4. The number of halogens is 3. The van der Waals surface area contributed by atoms with Crippen LogP contribution in [0.2, 0.25) is 0 Å². The van der Waals surface area contributed by atoms with Crippen LogP contribution in [0.3, 0.4) is 0 Å². The maximum atomic E-state index is 12.4. The SMILES string of the molecule is O=[N+]([O-])c1ccc2nc(NCC3CCN(CC(F)(F)F)CC3)ccc2c1. The lowest BCUT2D eigenvalue weighted by Crippen LogP contribution is -2.41. The highest BCUT2D eigenvalue weighted by Gasteiger charge is 2.32. The number of rotatable bonds is 5. The lowest BCUT2D eigenvalue weighted by atomic mass is 9.97. The summed E-state index contributed by atoms with van der Waals surface area (Å²) in [5.74, 6) is 0.956. The highest BCUT2D eigenvalue weighted by atomic mass is 19.4. The fraction of sp³-hybridized carbons (Fsp3) is 0.471. The molecular weight excluding hydrogens is 349 g/mol. The molecule has 0 bridgehead atoms. The minimum atomic E-state index is -4.14. The molecule has 9 heteroatoms. The molecular formula is C17H19F3N4O2. The number of hydrogen-bond acceptors (Lipinski definition) is 5. The summed E-state index contributed by atoms with van der Waals surface area (Å²) in [7, 11) is 0. The Kier molecular flexibility index (Phi) is 5.26.